The first-order valence-corrected chi connectivity index (χ1v) is 10.3. The lowest BCUT2D eigenvalue weighted by molar-refractivity contribution is -0.146. The first-order valence-electron chi connectivity index (χ1n) is 9.27. The molecule has 0 bridgehead atoms. The Morgan fingerprint density at radius 1 is 1.31 bits per heavy atom. The predicted molar refractivity (Wildman–Crippen MR) is 110 cm³/mol. The molecule has 0 amide bonds. The number of unbranched alkanes of at least 4 members (excludes halogenated alkanes) is 1. The van der Waals surface area contributed by atoms with Crippen LogP contribution in [0.3, 0.4) is 0 Å². The van der Waals surface area contributed by atoms with Crippen molar-refractivity contribution in [3.05, 3.63) is 44.7 Å². The minimum absolute atomic E-state index is 0.124. The molecule has 2 aliphatic rings. The van der Waals surface area contributed by atoms with Crippen molar-refractivity contribution in [3.63, 3.8) is 0 Å². The van der Waals surface area contributed by atoms with Crippen LogP contribution in [0.4, 0.5) is 0 Å². The summed E-state index contributed by atoms with van der Waals surface area (Å²) >= 11 is 2.28. The summed E-state index contributed by atoms with van der Waals surface area (Å²) in [5, 5.41) is 0. The number of aliphatic imine (C=N–C) groups is 1. The minimum Gasteiger partial charge on any atom is -0.465 e. The Kier molecular flexibility index (Phi) is 6.27. The van der Waals surface area contributed by atoms with Crippen molar-refractivity contribution in [1.82, 2.24) is 0 Å². The Bertz CT molecular complexity index is 781. The molecule has 2 atom stereocenters. The predicted octanol–water partition coefficient (Wildman–Crippen LogP) is 4.82. The Hall–Kier alpha value is -1.50. The van der Waals surface area contributed by atoms with Gasteiger partial charge in [-0.2, -0.15) is 0 Å². The van der Waals surface area contributed by atoms with E-state index in [0.29, 0.717) is 13.0 Å². The number of Topliss-reactive ketones (excluding diaryl/α,β-unsaturated/α-hetero) is 1. The number of halogens is 1. The van der Waals surface area contributed by atoms with Crippen LogP contribution < -0.4 is 0 Å². The maximum Gasteiger partial charge on any atom is 0.315 e. The number of nitrogens with zero attached hydrogens (tertiary/aromatic N) is 1. The van der Waals surface area contributed by atoms with Crippen LogP contribution in [0.1, 0.15) is 57.4 Å². The highest BCUT2D eigenvalue weighted by molar-refractivity contribution is 14.1. The van der Waals surface area contributed by atoms with Gasteiger partial charge in [0.1, 0.15) is 5.92 Å². The van der Waals surface area contributed by atoms with E-state index in [0.717, 1.165) is 51.8 Å². The van der Waals surface area contributed by atoms with E-state index in [2.05, 4.69) is 34.5 Å². The summed E-state index contributed by atoms with van der Waals surface area (Å²) in [5.41, 5.74) is 3.36. The number of allylic oxidation sites excluding steroid dienone is 2. The van der Waals surface area contributed by atoms with Crippen molar-refractivity contribution < 1.29 is 14.3 Å². The van der Waals surface area contributed by atoms with Crippen LogP contribution in [0.25, 0.3) is 0 Å². The maximum atomic E-state index is 12.9. The summed E-state index contributed by atoms with van der Waals surface area (Å²) in [7, 11) is 0. The summed E-state index contributed by atoms with van der Waals surface area (Å²) in [6.07, 6.45) is 3.98. The van der Waals surface area contributed by atoms with Gasteiger partial charge in [0.25, 0.3) is 0 Å². The monoisotopic (exact) mass is 465 g/mol. The van der Waals surface area contributed by atoms with E-state index in [1.807, 2.05) is 31.2 Å². The van der Waals surface area contributed by atoms with Crippen LogP contribution in [0.15, 0.2) is 40.5 Å². The smallest absolute Gasteiger partial charge is 0.315 e. The largest absolute Gasteiger partial charge is 0.465 e. The van der Waals surface area contributed by atoms with Crippen molar-refractivity contribution in [3.8, 4) is 0 Å². The molecule has 0 saturated carbocycles. The van der Waals surface area contributed by atoms with Crippen molar-refractivity contribution >= 4 is 40.1 Å². The summed E-state index contributed by atoms with van der Waals surface area (Å²) < 4.78 is 6.60. The first-order chi connectivity index (χ1) is 12.5. The highest BCUT2D eigenvalue weighted by Gasteiger charge is 2.43. The van der Waals surface area contributed by atoms with Crippen LogP contribution in [0, 0.1) is 9.49 Å². The quantitative estimate of drug-likeness (QED) is 0.356. The second-order valence-corrected chi connectivity index (χ2v) is 8.05. The summed E-state index contributed by atoms with van der Waals surface area (Å²) in [4.78, 5) is 30.4. The molecule has 1 aliphatic carbocycles. The van der Waals surface area contributed by atoms with Gasteiger partial charge in [0.15, 0.2) is 5.78 Å². The number of hydrogen-bond donors (Lipinski definition) is 0. The fraction of sp³-hybridized carbons (Fsp3) is 0.476. The number of ether oxygens (including phenoxy) is 1. The van der Waals surface area contributed by atoms with Gasteiger partial charge in [0.05, 0.1) is 6.61 Å². The Balaban J connectivity index is 2.06. The van der Waals surface area contributed by atoms with Gasteiger partial charge in [-0.3, -0.25) is 14.6 Å². The normalized spacial score (nSPS) is 22.7. The number of carbonyl (C=O) groups excluding carboxylic acids is 2. The molecule has 0 N–H and O–H groups in total. The zero-order chi connectivity index (χ0) is 18.7. The van der Waals surface area contributed by atoms with Gasteiger partial charge in [-0.25, -0.2) is 0 Å². The van der Waals surface area contributed by atoms with E-state index >= 15 is 0 Å². The average Bonchev–Trinajstić information content (AvgIpc) is 2.61. The Morgan fingerprint density at radius 3 is 2.81 bits per heavy atom. The lowest BCUT2D eigenvalue weighted by Crippen LogP contribution is -2.37. The number of hydrogen-bond acceptors (Lipinski definition) is 4. The van der Waals surface area contributed by atoms with Gasteiger partial charge in [-0.15, -0.1) is 0 Å². The highest BCUT2D eigenvalue weighted by Crippen LogP contribution is 2.44. The molecule has 3 rings (SSSR count). The summed E-state index contributed by atoms with van der Waals surface area (Å²) in [6.45, 7) is 4.36. The summed E-state index contributed by atoms with van der Waals surface area (Å²) in [5.74, 6) is -0.964. The Labute approximate surface area is 168 Å². The average molecular weight is 465 g/mol. The topological polar surface area (TPSA) is 55.7 Å². The zero-order valence-electron chi connectivity index (χ0n) is 15.3. The second-order valence-electron chi connectivity index (χ2n) is 6.89. The molecule has 0 radical (unpaired) electrons. The first kappa shape index (κ1) is 19.3. The number of ketones is 1. The van der Waals surface area contributed by atoms with Crippen molar-refractivity contribution in [2.45, 2.75) is 51.9 Å². The standard InChI is InChI=1S/C21H24INO3/c1-3-4-12-26-21(25)18-13(2)23-16-10-7-11-17(24)20(16)19(18)14-8-5-6-9-15(14)22/h5-6,8-9,18-19H,3-4,7,10-12H2,1-2H3/t18?,19-/m0/s1. The fourth-order valence-corrected chi connectivity index (χ4v) is 4.50. The molecule has 1 heterocycles. The van der Waals surface area contributed by atoms with Crippen LogP contribution in [-0.4, -0.2) is 24.1 Å². The van der Waals surface area contributed by atoms with Crippen LogP contribution >= 0.6 is 22.6 Å². The van der Waals surface area contributed by atoms with Gasteiger partial charge >= 0.3 is 5.97 Å². The SMILES string of the molecule is CCCCOC(=O)C1C(C)=NC2=C(C(=O)CCC2)[C@H]1c1ccccc1I. The molecule has 0 aromatic heterocycles. The third-order valence-corrected chi connectivity index (χ3v) is 6.05. The van der Waals surface area contributed by atoms with Gasteiger partial charge in [0, 0.05) is 32.9 Å². The molecule has 138 valence electrons. The molecule has 1 aliphatic heterocycles. The molecule has 0 spiro atoms. The molecular formula is C21H24INO3. The van der Waals surface area contributed by atoms with E-state index < -0.39 is 5.92 Å². The van der Waals surface area contributed by atoms with E-state index in [4.69, 9.17) is 4.74 Å². The molecule has 1 aromatic rings. The number of esters is 1. The van der Waals surface area contributed by atoms with E-state index in [1.165, 1.54) is 0 Å². The molecule has 0 fully saturated rings. The molecule has 5 heteroatoms. The third kappa shape index (κ3) is 3.77. The molecule has 0 saturated heterocycles. The van der Waals surface area contributed by atoms with E-state index in [-0.39, 0.29) is 17.7 Å². The molecular weight excluding hydrogens is 441 g/mol. The lowest BCUT2D eigenvalue weighted by Gasteiger charge is -2.34. The molecule has 26 heavy (non-hydrogen) atoms. The van der Waals surface area contributed by atoms with Crippen molar-refractivity contribution in [1.29, 1.82) is 0 Å². The zero-order valence-corrected chi connectivity index (χ0v) is 17.4. The molecule has 1 aromatic carbocycles. The fourth-order valence-electron chi connectivity index (χ4n) is 3.78. The van der Waals surface area contributed by atoms with Crippen LogP contribution in [-0.2, 0) is 14.3 Å². The highest BCUT2D eigenvalue weighted by atomic mass is 127. The number of benzene rings is 1. The van der Waals surface area contributed by atoms with Gasteiger partial charge in [-0.05, 0) is 60.4 Å². The lowest BCUT2D eigenvalue weighted by atomic mass is 9.72. The minimum atomic E-state index is -0.524. The molecule has 4 nitrogen and oxygen atoms in total. The Morgan fingerprint density at radius 2 is 2.08 bits per heavy atom. The van der Waals surface area contributed by atoms with Crippen molar-refractivity contribution in [2.75, 3.05) is 6.61 Å². The van der Waals surface area contributed by atoms with E-state index in [9.17, 15) is 9.59 Å². The van der Waals surface area contributed by atoms with Gasteiger partial charge < -0.3 is 4.74 Å². The maximum absolute atomic E-state index is 12.9. The molecule has 1 unspecified atom stereocenters. The third-order valence-electron chi connectivity index (χ3n) is 5.07. The van der Waals surface area contributed by atoms with Crippen LogP contribution in [0.2, 0.25) is 0 Å². The van der Waals surface area contributed by atoms with Gasteiger partial charge in [-0.1, -0.05) is 31.5 Å². The van der Waals surface area contributed by atoms with Gasteiger partial charge in [0.2, 0.25) is 0 Å². The van der Waals surface area contributed by atoms with Crippen LogP contribution in [0.5, 0.6) is 0 Å². The number of carbonyl (C=O) groups is 2. The van der Waals surface area contributed by atoms with E-state index in [1.54, 1.807) is 0 Å². The van der Waals surface area contributed by atoms with Crippen molar-refractivity contribution in [2.24, 2.45) is 10.9 Å². The summed E-state index contributed by atoms with van der Waals surface area (Å²) in [6, 6.07) is 7.97. The second kappa shape index (κ2) is 8.46. The number of rotatable bonds is 5.